The fraction of sp³-hybridized carbons (Fsp3) is 0.500. The van der Waals surface area contributed by atoms with Gasteiger partial charge in [-0.25, -0.2) is 23.4 Å². The number of rotatable bonds is 3. The molecule has 0 radical (unpaired) electrons. The third-order valence-corrected chi connectivity index (χ3v) is 4.39. The van der Waals surface area contributed by atoms with Gasteiger partial charge in [0.1, 0.15) is 11.8 Å². The van der Waals surface area contributed by atoms with Gasteiger partial charge in [0, 0.05) is 38.8 Å². The summed E-state index contributed by atoms with van der Waals surface area (Å²) in [5, 5.41) is 3.54. The number of anilines is 2. The zero-order valence-electron chi connectivity index (χ0n) is 14.8. The predicted molar refractivity (Wildman–Crippen MR) is 92.4 cm³/mol. The molecule has 3 rings (SSSR count). The van der Waals surface area contributed by atoms with Gasteiger partial charge in [-0.1, -0.05) is 0 Å². The lowest BCUT2D eigenvalue weighted by atomic mass is 10.2. The zero-order chi connectivity index (χ0) is 19.6. The molecule has 0 aliphatic carbocycles. The summed E-state index contributed by atoms with van der Waals surface area (Å²) in [6.07, 6.45) is -1.21. The Bertz CT molecular complexity index is 712. The molecular formula is C16H21F2N5O4. The minimum Gasteiger partial charge on any atom is -0.443 e. The monoisotopic (exact) mass is 385 g/mol. The maximum Gasteiger partial charge on any atom is 0.414 e. The Morgan fingerprint density at radius 1 is 1.30 bits per heavy atom. The van der Waals surface area contributed by atoms with Crippen LogP contribution in [0.15, 0.2) is 12.1 Å². The normalized spacial score (nSPS) is 20.5. The van der Waals surface area contributed by atoms with E-state index in [1.807, 2.05) is 0 Å². The van der Waals surface area contributed by atoms with Crippen LogP contribution in [0.25, 0.3) is 0 Å². The van der Waals surface area contributed by atoms with E-state index in [2.05, 4.69) is 5.32 Å². The number of urea groups is 1. The van der Waals surface area contributed by atoms with Gasteiger partial charge in [-0.05, 0) is 0 Å². The van der Waals surface area contributed by atoms with Crippen molar-refractivity contribution in [2.75, 3.05) is 56.2 Å². The van der Waals surface area contributed by atoms with Crippen molar-refractivity contribution in [1.29, 1.82) is 0 Å². The van der Waals surface area contributed by atoms with Crippen LogP contribution >= 0.6 is 0 Å². The first-order valence-corrected chi connectivity index (χ1v) is 8.49. The molecule has 3 amide bonds. The van der Waals surface area contributed by atoms with E-state index in [1.165, 1.54) is 11.9 Å². The fourth-order valence-corrected chi connectivity index (χ4v) is 3.02. The topological polar surface area (TPSA) is 100 Å². The first-order valence-electron chi connectivity index (χ1n) is 8.49. The van der Waals surface area contributed by atoms with Crippen molar-refractivity contribution in [1.82, 2.24) is 10.4 Å². The number of nitrogens with two attached hydrogens (primary N) is 1. The van der Waals surface area contributed by atoms with Crippen LogP contribution in [0.5, 0.6) is 0 Å². The molecule has 2 aliphatic heterocycles. The van der Waals surface area contributed by atoms with Crippen LogP contribution in [0, 0.1) is 11.6 Å². The second-order valence-corrected chi connectivity index (χ2v) is 6.09. The summed E-state index contributed by atoms with van der Waals surface area (Å²) in [5.41, 5.74) is 5.30. The molecule has 1 aromatic rings. The summed E-state index contributed by atoms with van der Waals surface area (Å²) >= 11 is 0. The lowest BCUT2D eigenvalue weighted by Crippen LogP contribution is -2.39. The number of halogens is 2. The molecule has 0 unspecified atom stereocenters. The maximum absolute atomic E-state index is 14.7. The molecule has 0 saturated carbocycles. The molecule has 2 aliphatic rings. The van der Waals surface area contributed by atoms with Crippen LogP contribution < -0.4 is 20.9 Å². The molecule has 9 nitrogen and oxygen atoms in total. The number of hydroxylamine groups is 2. The van der Waals surface area contributed by atoms with Crippen molar-refractivity contribution in [3.05, 3.63) is 23.8 Å². The Kier molecular flexibility index (Phi) is 5.61. The van der Waals surface area contributed by atoms with E-state index >= 15 is 0 Å². The Morgan fingerprint density at radius 2 is 2.00 bits per heavy atom. The molecule has 0 aromatic heterocycles. The first-order chi connectivity index (χ1) is 12.9. The van der Waals surface area contributed by atoms with E-state index in [9.17, 15) is 18.4 Å². The van der Waals surface area contributed by atoms with Gasteiger partial charge >= 0.3 is 12.1 Å². The molecule has 1 atom stereocenters. The number of hydrogen-bond donors (Lipinski definition) is 2. The van der Waals surface area contributed by atoms with Crippen LogP contribution in [0.2, 0.25) is 0 Å². The summed E-state index contributed by atoms with van der Waals surface area (Å²) in [6, 6.07) is 1.73. The number of ether oxygens (including phenoxy) is 1. The van der Waals surface area contributed by atoms with Gasteiger partial charge in [-0.15, -0.1) is 0 Å². The quantitative estimate of drug-likeness (QED) is 0.792. The van der Waals surface area contributed by atoms with Gasteiger partial charge in [0.15, 0.2) is 11.6 Å². The highest BCUT2D eigenvalue weighted by atomic mass is 19.1. The predicted octanol–water partition coefficient (Wildman–Crippen LogP) is 0.642. The average Bonchev–Trinajstić information content (AvgIpc) is 2.86. The molecule has 11 heteroatoms. The molecule has 1 aromatic carbocycles. The van der Waals surface area contributed by atoms with Gasteiger partial charge in [-0.2, -0.15) is 0 Å². The Hall–Kier alpha value is -2.66. The Morgan fingerprint density at radius 3 is 2.59 bits per heavy atom. The maximum atomic E-state index is 14.7. The lowest BCUT2D eigenvalue weighted by Gasteiger charge is -2.24. The largest absolute Gasteiger partial charge is 0.443 e. The van der Waals surface area contributed by atoms with E-state index < -0.39 is 29.9 Å². The fourth-order valence-electron chi connectivity index (χ4n) is 3.02. The van der Waals surface area contributed by atoms with Crippen LogP contribution in [0.4, 0.5) is 29.7 Å². The zero-order valence-corrected chi connectivity index (χ0v) is 14.8. The molecule has 0 bridgehead atoms. The molecule has 3 N–H and O–H groups in total. The molecule has 148 valence electrons. The summed E-state index contributed by atoms with van der Waals surface area (Å²) in [7, 11) is 1.46. The third-order valence-electron chi connectivity index (χ3n) is 4.39. The number of carbonyl (C=O) groups excluding carboxylic acids is 2. The lowest BCUT2D eigenvalue weighted by molar-refractivity contribution is -0.104. The average molecular weight is 385 g/mol. The van der Waals surface area contributed by atoms with Crippen molar-refractivity contribution in [2.24, 2.45) is 5.73 Å². The number of benzene rings is 1. The highest BCUT2D eigenvalue weighted by Crippen LogP contribution is 2.31. The summed E-state index contributed by atoms with van der Waals surface area (Å²) in [6.45, 7) is 0.859. The van der Waals surface area contributed by atoms with Crippen molar-refractivity contribution in [2.45, 2.75) is 6.10 Å². The van der Waals surface area contributed by atoms with Gasteiger partial charge in [0.25, 0.3) is 0 Å². The number of nitrogens with zero attached hydrogens (tertiary/aromatic N) is 3. The van der Waals surface area contributed by atoms with Crippen LogP contribution in [-0.2, 0) is 9.57 Å². The first kappa shape index (κ1) is 19.1. The Balaban J connectivity index is 1.79. The standard InChI is InChI=1S/C16H21F2N5O4/c1-20-15(24)23-3-2-21(4-5-26-23)14-12(17)6-10(7-13(14)18)22-9-11(8-19)27-16(22)25/h6-7,11H,2-5,8-9,19H2,1H3,(H,20,24)/t11-/m0/s1. The minimum absolute atomic E-state index is 0.0627. The molecule has 2 fully saturated rings. The van der Waals surface area contributed by atoms with E-state index in [0.29, 0.717) is 0 Å². The number of carbonyl (C=O) groups is 2. The third kappa shape index (κ3) is 3.88. The molecule has 2 heterocycles. The molecular weight excluding hydrogens is 364 g/mol. The smallest absolute Gasteiger partial charge is 0.414 e. The second-order valence-electron chi connectivity index (χ2n) is 6.09. The van der Waals surface area contributed by atoms with E-state index in [1.54, 1.807) is 0 Å². The second kappa shape index (κ2) is 7.92. The van der Waals surface area contributed by atoms with Gasteiger partial charge in [-0.3, -0.25) is 9.74 Å². The Labute approximate surface area is 154 Å². The van der Waals surface area contributed by atoms with E-state index in [0.717, 1.165) is 22.1 Å². The van der Waals surface area contributed by atoms with Crippen molar-refractivity contribution in [3.8, 4) is 0 Å². The highest BCUT2D eigenvalue weighted by molar-refractivity contribution is 5.90. The van der Waals surface area contributed by atoms with Crippen molar-refractivity contribution < 1.29 is 27.9 Å². The van der Waals surface area contributed by atoms with E-state index in [4.69, 9.17) is 15.3 Å². The van der Waals surface area contributed by atoms with Crippen molar-refractivity contribution >= 4 is 23.5 Å². The van der Waals surface area contributed by atoms with Crippen molar-refractivity contribution in [3.63, 3.8) is 0 Å². The number of nitrogens with one attached hydrogen (secondary N) is 1. The van der Waals surface area contributed by atoms with Gasteiger partial charge in [0.2, 0.25) is 0 Å². The number of cyclic esters (lactones) is 1. The SMILES string of the molecule is CNC(=O)N1CCN(c2c(F)cc(N3C[C@H](CN)OC3=O)cc2F)CCO1. The van der Waals surface area contributed by atoms with Crippen LogP contribution in [-0.4, -0.2) is 69.7 Å². The van der Waals surface area contributed by atoms with Gasteiger partial charge < -0.3 is 20.7 Å². The van der Waals surface area contributed by atoms with Crippen LogP contribution in [0.1, 0.15) is 0 Å². The minimum atomic E-state index is -0.817. The number of hydrogen-bond acceptors (Lipinski definition) is 6. The van der Waals surface area contributed by atoms with E-state index in [-0.39, 0.29) is 50.7 Å². The van der Waals surface area contributed by atoms with Crippen LogP contribution in [0.3, 0.4) is 0 Å². The summed E-state index contributed by atoms with van der Waals surface area (Å²) < 4.78 is 34.4. The summed E-state index contributed by atoms with van der Waals surface area (Å²) in [4.78, 5) is 31.4. The number of amides is 3. The molecule has 0 spiro atoms. The van der Waals surface area contributed by atoms with Gasteiger partial charge in [0.05, 0.1) is 25.4 Å². The molecule has 2 saturated heterocycles. The highest BCUT2D eigenvalue weighted by Gasteiger charge is 2.33. The summed E-state index contributed by atoms with van der Waals surface area (Å²) in [5.74, 6) is -1.63. The molecule has 27 heavy (non-hydrogen) atoms.